The molecule has 0 radical (unpaired) electrons. The molecule has 0 aromatic carbocycles. The Morgan fingerprint density at radius 2 is 1.82 bits per heavy atom. The Morgan fingerprint density at radius 3 is 2.29 bits per heavy atom. The second-order valence-electron chi connectivity index (χ2n) is 5.17. The van der Waals surface area contributed by atoms with Gasteiger partial charge in [0.25, 0.3) is 10.1 Å². The summed E-state index contributed by atoms with van der Waals surface area (Å²) in [6.45, 7) is 6.84. The molecule has 1 N–H and O–H groups in total. The number of rotatable bonds is 4. The van der Waals surface area contributed by atoms with Crippen molar-refractivity contribution in [2.24, 2.45) is 0 Å². The molecule has 3 atom stereocenters. The highest BCUT2D eigenvalue weighted by Gasteiger charge is 2.38. The lowest BCUT2D eigenvalue weighted by Gasteiger charge is -2.36. The normalized spacial score (nSPS) is 31.5. The van der Waals surface area contributed by atoms with Gasteiger partial charge in [-0.2, -0.15) is 8.42 Å². The molecule has 1 saturated heterocycles. The van der Waals surface area contributed by atoms with Gasteiger partial charge in [-0.3, -0.25) is 4.55 Å². The Kier molecular flexibility index (Phi) is 4.57. The summed E-state index contributed by atoms with van der Waals surface area (Å²) in [5, 5.41) is 0. The van der Waals surface area contributed by atoms with Crippen molar-refractivity contribution in [2.45, 2.75) is 70.2 Å². The molecule has 6 heteroatoms. The number of hydrogen-bond donors (Lipinski definition) is 1. The van der Waals surface area contributed by atoms with Crippen LogP contribution in [0.25, 0.3) is 0 Å². The van der Waals surface area contributed by atoms with Crippen molar-refractivity contribution in [3.05, 3.63) is 0 Å². The van der Waals surface area contributed by atoms with Crippen LogP contribution in [0.15, 0.2) is 0 Å². The molecule has 5 nitrogen and oxygen atoms in total. The Bertz CT molecular complexity index is 349. The van der Waals surface area contributed by atoms with Crippen molar-refractivity contribution < 1.29 is 22.4 Å². The van der Waals surface area contributed by atoms with E-state index in [4.69, 9.17) is 14.0 Å². The molecule has 1 fully saturated rings. The average Bonchev–Trinajstić information content (AvgIpc) is 2.14. The van der Waals surface area contributed by atoms with Gasteiger partial charge >= 0.3 is 0 Å². The van der Waals surface area contributed by atoms with Crippen LogP contribution in [0.4, 0.5) is 0 Å². The zero-order valence-electron chi connectivity index (χ0n) is 10.8. The average molecular weight is 266 g/mol. The van der Waals surface area contributed by atoms with Crippen LogP contribution in [0.1, 0.15) is 47.0 Å². The molecule has 1 aliphatic heterocycles. The van der Waals surface area contributed by atoms with E-state index in [1.807, 2.05) is 6.92 Å². The minimum atomic E-state index is -4.06. The molecular formula is C11H22O5S. The first kappa shape index (κ1) is 14.9. The summed E-state index contributed by atoms with van der Waals surface area (Å²) in [5.74, 6) is 0. The predicted molar refractivity (Wildman–Crippen MR) is 64.4 cm³/mol. The molecule has 0 aromatic heterocycles. The summed E-state index contributed by atoms with van der Waals surface area (Å²) in [6.07, 6.45) is 1.39. The van der Waals surface area contributed by atoms with Crippen molar-refractivity contribution in [1.82, 2.24) is 0 Å². The summed E-state index contributed by atoms with van der Waals surface area (Å²) >= 11 is 0. The van der Waals surface area contributed by atoms with E-state index >= 15 is 0 Å². The van der Waals surface area contributed by atoms with Crippen molar-refractivity contribution in [2.75, 3.05) is 0 Å². The molecule has 102 valence electrons. The van der Waals surface area contributed by atoms with Gasteiger partial charge in [0.05, 0.1) is 17.0 Å². The van der Waals surface area contributed by atoms with E-state index in [1.165, 1.54) is 13.8 Å². The maximum Gasteiger partial charge on any atom is 0.270 e. The molecular weight excluding hydrogens is 244 g/mol. The van der Waals surface area contributed by atoms with Crippen LogP contribution < -0.4 is 0 Å². The van der Waals surface area contributed by atoms with Crippen LogP contribution >= 0.6 is 0 Å². The van der Waals surface area contributed by atoms with Crippen LogP contribution in [0.5, 0.6) is 0 Å². The first-order valence-electron chi connectivity index (χ1n) is 5.93. The molecule has 1 heterocycles. The molecule has 1 aliphatic rings. The van der Waals surface area contributed by atoms with Crippen molar-refractivity contribution in [3.63, 3.8) is 0 Å². The highest BCUT2D eigenvalue weighted by molar-refractivity contribution is 7.87. The lowest BCUT2D eigenvalue weighted by molar-refractivity contribution is -0.236. The molecule has 0 saturated carbocycles. The highest BCUT2D eigenvalue weighted by atomic mass is 32.2. The monoisotopic (exact) mass is 266 g/mol. The molecule has 0 amide bonds. The lowest BCUT2D eigenvalue weighted by Crippen LogP contribution is -2.42. The lowest BCUT2D eigenvalue weighted by atomic mass is 9.98. The van der Waals surface area contributed by atoms with Gasteiger partial charge in [0.15, 0.2) is 6.29 Å². The fourth-order valence-corrected chi connectivity index (χ4v) is 2.42. The largest absolute Gasteiger partial charge is 0.350 e. The molecule has 3 unspecified atom stereocenters. The van der Waals surface area contributed by atoms with Gasteiger partial charge in [-0.1, -0.05) is 6.92 Å². The van der Waals surface area contributed by atoms with E-state index in [2.05, 4.69) is 0 Å². The Labute approximate surface area is 103 Å². The van der Waals surface area contributed by atoms with Gasteiger partial charge in [0.1, 0.15) is 0 Å². The van der Waals surface area contributed by atoms with Gasteiger partial charge in [0, 0.05) is 6.42 Å². The van der Waals surface area contributed by atoms with Crippen LogP contribution in [-0.2, 0) is 19.6 Å². The zero-order valence-corrected chi connectivity index (χ0v) is 11.7. The van der Waals surface area contributed by atoms with Crippen molar-refractivity contribution in [3.8, 4) is 0 Å². The molecule has 0 bridgehead atoms. The van der Waals surface area contributed by atoms with Crippen molar-refractivity contribution in [1.29, 1.82) is 0 Å². The summed E-state index contributed by atoms with van der Waals surface area (Å²) in [4.78, 5) is 0. The minimum Gasteiger partial charge on any atom is -0.350 e. The molecule has 0 spiro atoms. The SMILES string of the molecule is CCC1CC(CC(C)(C)S(=O)(=O)O)OC(C)O1. The second kappa shape index (κ2) is 5.22. The fraction of sp³-hybridized carbons (Fsp3) is 1.00. The first-order chi connectivity index (χ1) is 7.65. The quantitative estimate of drug-likeness (QED) is 0.788. The Hall–Kier alpha value is -0.170. The van der Waals surface area contributed by atoms with Gasteiger partial charge in [-0.15, -0.1) is 0 Å². The van der Waals surface area contributed by atoms with Gasteiger partial charge < -0.3 is 9.47 Å². The van der Waals surface area contributed by atoms with E-state index in [0.29, 0.717) is 6.42 Å². The van der Waals surface area contributed by atoms with Gasteiger partial charge in [-0.25, -0.2) is 0 Å². The smallest absolute Gasteiger partial charge is 0.270 e. The number of hydrogen-bond acceptors (Lipinski definition) is 4. The van der Waals surface area contributed by atoms with Crippen molar-refractivity contribution >= 4 is 10.1 Å². The third-order valence-electron chi connectivity index (χ3n) is 3.17. The summed E-state index contributed by atoms with van der Waals surface area (Å²) < 4.78 is 41.5. The van der Waals surface area contributed by atoms with Crippen LogP contribution in [0.2, 0.25) is 0 Å². The summed E-state index contributed by atoms with van der Waals surface area (Å²) in [6, 6.07) is 0. The molecule has 1 rings (SSSR count). The van der Waals surface area contributed by atoms with Crippen LogP contribution in [0, 0.1) is 0 Å². The Balaban J connectivity index is 2.68. The van der Waals surface area contributed by atoms with Crippen LogP contribution in [-0.4, -0.2) is 36.2 Å². The maximum absolute atomic E-state index is 11.2. The van der Waals surface area contributed by atoms with E-state index in [1.54, 1.807) is 6.92 Å². The standard InChI is InChI=1S/C11H22O5S/c1-5-9-6-10(16-8(2)15-9)7-11(3,4)17(12,13)14/h8-10H,5-7H2,1-4H3,(H,12,13,14). The summed E-state index contributed by atoms with van der Waals surface area (Å²) in [7, 11) is -4.06. The van der Waals surface area contributed by atoms with E-state index in [-0.39, 0.29) is 24.9 Å². The minimum absolute atomic E-state index is 0.0981. The van der Waals surface area contributed by atoms with E-state index < -0.39 is 14.9 Å². The fourth-order valence-electron chi connectivity index (χ4n) is 2.03. The third-order valence-corrected chi connectivity index (χ3v) is 4.73. The second-order valence-corrected chi connectivity index (χ2v) is 7.22. The molecule has 0 aromatic rings. The molecule has 0 aliphatic carbocycles. The predicted octanol–water partition coefficient (Wildman–Crippen LogP) is 1.97. The first-order valence-corrected chi connectivity index (χ1v) is 7.37. The van der Waals surface area contributed by atoms with E-state index in [0.717, 1.165) is 6.42 Å². The Morgan fingerprint density at radius 1 is 1.29 bits per heavy atom. The molecule has 17 heavy (non-hydrogen) atoms. The number of ether oxygens (including phenoxy) is 2. The highest BCUT2D eigenvalue weighted by Crippen LogP contribution is 2.29. The topological polar surface area (TPSA) is 72.8 Å². The van der Waals surface area contributed by atoms with Gasteiger partial charge in [0.2, 0.25) is 0 Å². The third kappa shape index (κ3) is 3.91. The summed E-state index contributed by atoms with van der Waals surface area (Å²) in [5.41, 5.74) is 0. The van der Waals surface area contributed by atoms with Crippen LogP contribution in [0.3, 0.4) is 0 Å². The zero-order chi connectivity index (χ0) is 13.3. The maximum atomic E-state index is 11.2. The van der Waals surface area contributed by atoms with Gasteiger partial charge in [-0.05, 0) is 33.6 Å². The van der Waals surface area contributed by atoms with E-state index in [9.17, 15) is 8.42 Å².